The minimum absolute atomic E-state index is 0.139. The molecule has 0 radical (unpaired) electrons. The Morgan fingerprint density at radius 3 is 2.24 bits per heavy atom. The number of halogens is 4. The number of benzene rings is 3. The van der Waals surface area contributed by atoms with Crippen LogP contribution < -0.4 is 14.2 Å². The zero-order valence-corrected chi connectivity index (χ0v) is 19.0. The number of para-hydroxylation sites is 1. The highest BCUT2D eigenvalue weighted by Crippen LogP contribution is 2.35. The Balaban J connectivity index is 1.57. The van der Waals surface area contributed by atoms with Gasteiger partial charge < -0.3 is 14.2 Å². The van der Waals surface area contributed by atoms with E-state index in [1.165, 1.54) is 0 Å². The molecule has 0 saturated carbocycles. The second kappa shape index (κ2) is 9.69. The fraction of sp³-hybridized carbons (Fsp3) is 0.160. The number of hydrogen-bond donors (Lipinski definition) is 0. The molecule has 1 aromatic heterocycles. The van der Waals surface area contributed by atoms with Crippen LogP contribution in [0.1, 0.15) is 11.4 Å². The minimum Gasteiger partial charge on any atom is -0.497 e. The van der Waals surface area contributed by atoms with Crippen LogP contribution in [0, 0.1) is 0 Å². The predicted molar refractivity (Wildman–Crippen MR) is 123 cm³/mol. The lowest BCUT2D eigenvalue weighted by atomic mass is 10.0. The zero-order valence-electron chi connectivity index (χ0n) is 18.3. The Hall–Kier alpha value is -3.65. The molecule has 0 aliphatic heterocycles. The fourth-order valence-electron chi connectivity index (χ4n) is 3.42. The fourth-order valence-corrected chi connectivity index (χ4v) is 3.63. The average Bonchev–Trinajstić information content (AvgIpc) is 3.27. The van der Waals surface area contributed by atoms with Crippen molar-refractivity contribution in [2.24, 2.45) is 0 Å². The molecule has 9 heteroatoms. The van der Waals surface area contributed by atoms with E-state index in [1.807, 2.05) is 24.3 Å². The summed E-state index contributed by atoms with van der Waals surface area (Å²) in [7, 11) is 3.16. The Kier molecular flexibility index (Phi) is 6.70. The van der Waals surface area contributed by atoms with E-state index in [0.29, 0.717) is 22.9 Å². The SMILES string of the molecule is COc1ccc(-c2ccc(OCc3cc(C(F)(F)F)nn3-c3ccccc3Cl)cc2)c(OC)c1. The maximum absolute atomic E-state index is 13.3. The molecule has 4 aromatic rings. The Morgan fingerprint density at radius 1 is 0.882 bits per heavy atom. The van der Waals surface area contributed by atoms with Gasteiger partial charge in [-0.05, 0) is 48.0 Å². The van der Waals surface area contributed by atoms with E-state index in [0.717, 1.165) is 21.9 Å². The number of ether oxygens (including phenoxy) is 3. The van der Waals surface area contributed by atoms with Gasteiger partial charge in [-0.2, -0.15) is 18.3 Å². The zero-order chi connectivity index (χ0) is 24.3. The first kappa shape index (κ1) is 23.5. The van der Waals surface area contributed by atoms with Crippen molar-refractivity contribution in [3.05, 3.63) is 89.2 Å². The molecule has 5 nitrogen and oxygen atoms in total. The first-order chi connectivity index (χ1) is 16.3. The third-order valence-electron chi connectivity index (χ3n) is 5.11. The van der Waals surface area contributed by atoms with Gasteiger partial charge in [-0.3, -0.25) is 0 Å². The second-order valence-electron chi connectivity index (χ2n) is 7.26. The number of hydrogen-bond acceptors (Lipinski definition) is 4. The van der Waals surface area contributed by atoms with Gasteiger partial charge in [0.1, 0.15) is 23.9 Å². The second-order valence-corrected chi connectivity index (χ2v) is 7.67. The van der Waals surface area contributed by atoms with Gasteiger partial charge >= 0.3 is 6.18 Å². The number of alkyl halides is 3. The molecule has 1 heterocycles. The van der Waals surface area contributed by atoms with Gasteiger partial charge in [0, 0.05) is 11.6 Å². The van der Waals surface area contributed by atoms with Crippen LogP contribution in [0.25, 0.3) is 16.8 Å². The van der Waals surface area contributed by atoms with E-state index < -0.39 is 11.9 Å². The van der Waals surface area contributed by atoms with Crippen LogP contribution >= 0.6 is 11.6 Å². The number of nitrogens with zero attached hydrogens (tertiary/aromatic N) is 2. The van der Waals surface area contributed by atoms with Gasteiger partial charge in [0.2, 0.25) is 0 Å². The standard InChI is InChI=1S/C25H20ClF3N2O3/c1-32-19-11-12-20(23(14-19)33-2)16-7-9-18(10-8-16)34-15-17-13-24(25(27,28)29)30-31(17)22-6-4-3-5-21(22)26/h3-14H,15H2,1-2H3. The third-order valence-corrected chi connectivity index (χ3v) is 5.43. The van der Waals surface area contributed by atoms with Crippen molar-refractivity contribution in [3.8, 4) is 34.1 Å². The average molecular weight is 489 g/mol. The van der Waals surface area contributed by atoms with Gasteiger partial charge in [0.25, 0.3) is 0 Å². The monoisotopic (exact) mass is 488 g/mol. The summed E-state index contributed by atoms with van der Waals surface area (Å²) in [6.45, 7) is -0.139. The van der Waals surface area contributed by atoms with E-state index in [1.54, 1.807) is 56.7 Å². The van der Waals surface area contributed by atoms with Gasteiger partial charge in [0.15, 0.2) is 5.69 Å². The molecule has 0 bridgehead atoms. The predicted octanol–water partition coefficient (Wildman–Crippen LogP) is 6.81. The van der Waals surface area contributed by atoms with Crippen LogP contribution in [-0.4, -0.2) is 24.0 Å². The topological polar surface area (TPSA) is 45.5 Å². The molecule has 34 heavy (non-hydrogen) atoms. The summed E-state index contributed by atoms with van der Waals surface area (Å²) in [6.07, 6.45) is -4.60. The summed E-state index contributed by atoms with van der Waals surface area (Å²) < 4.78 is 57.5. The molecule has 0 aliphatic rings. The summed E-state index contributed by atoms with van der Waals surface area (Å²) in [5.41, 5.74) is 1.27. The molecule has 4 rings (SSSR count). The molecule has 3 aromatic carbocycles. The summed E-state index contributed by atoms with van der Waals surface area (Å²) in [6, 6.07) is 20.2. The van der Waals surface area contributed by atoms with Crippen molar-refractivity contribution in [2.45, 2.75) is 12.8 Å². The van der Waals surface area contributed by atoms with E-state index in [-0.39, 0.29) is 17.3 Å². The molecule has 176 valence electrons. The highest BCUT2D eigenvalue weighted by molar-refractivity contribution is 6.32. The van der Waals surface area contributed by atoms with Crippen molar-refractivity contribution in [1.29, 1.82) is 0 Å². The van der Waals surface area contributed by atoms with Crippen LogP contribution in [0.2, 0.25) is 5.02 Å². The van der Waals surface area contributed by atoms with E-state index in [9.17, 15) is 13.2 Å². The number of methoxy groups -OCH3 is 2. The Bertz CT molecular complexity index is 1290. The Labute approximate surface area is 199 Å². The van der Waals surface area contributed by atoms with Crippen molar-refractivity contribution in [3.63, 3.8) is 0 Å². The normalized spacial score (nSPS) is 11.4. The van der Waals surface area contributed by atoms with Crippen molar-refractivity contribution < 1.29 is 27.4 Å². The largest absolute Gasteiger partial charge is 0.497 e. The molecule has 0 spiro atoms. The number of rotatable bonds is 7. The van der Waals surface area contributed by atoms with E-state index in [4.69, 9.17) is 25.8 Å². The maximum Gasteiger partial charge on any atom is 0.435 e. The Morgan fingerprint density at radius 2 is 1.59 bits per heavy atom. The van der Waals surface area contributed by atoms with Crippen LogP contribution in [-0.2, 0) is 12.8 Å². The summed E-state index contributed by atoms with van der Waals surface area (Å²) in [4.78, 5) is 0. The lowest BCUT2D eigenvalue weighted by molar-refractivity contribution is -0.141. The first-order valence-electron chi connectivity index (χ1n) is 10.2. The third kappa shape index (κ3) is 4.97. The van der Waals surface area contributed by atoms with Crippen molar-refractivity contribution in [2.75, 3.05) is 14.2 Å². The molecule has 0 unspecified atom stereocenters. The lowest BCUT2D eigenvalue weighted by Crippen LogP contribution is -2.08. The summed E-state index contributed by atoms with van der Waals surface area (Å²) >= 11 is 6.19. The van der Waals surface area contributed by atoms with E-state index in [2.05, 4.69) is 5.10 Å². The molecule has 0 atom stereocenters. The molecule has 0 aliphatic carbocycles. The molecule has 0 N–H and O–H groups in total. The van der Waals surface area contributed by atoms with Crippen LogP contribution in [0.5, 0.6) is 17.2 Å². The molecule has 0 saturated heterocycles. The van der Waals surface area contributed by atoms with Crippen LogP contribution in [0.3, 0.4) is 0 Å². The molecular formula is C25H20ClF3N2O3. The first-order valence-corrected chi connectivity index (χ1v) is 10.5. The highest BCUT2D eigenvalue weighted by Gasteiger charge is 2.35. The minimum atomic E-state index is -4.60. The van der Waals surface area contributed by atoms with Crippen LogP contribution in [0.4, 0.5) is 13.2 Å². The van der Waals surface area contributed by atoms with Crippen molar-refractivity contribution >= 4 is 11.6 Å². The van der Waals surface area contributed by atoms with Crippen LogP contribution in [0.15, 0.2) is 72.8 Å². The maximum atomic E-state index is 13.3. The highest BCUT2D eigenvalue weighted by atomic mass is 35.5. The van der Waals surface area contributed by atoms with Gasteiger partial charge in [-0.15, -0.1) is 0 Å². The number of aromatic nitrogens is 2. The molecule has 0 fully saturated rings. The quantitative estimate of drug-likeness (QED) is 0.287. The molecular weight excluding hydrogens is 469 g/mol. The lowest BCUT2D eigenvalue weighted by Gasteiger charge is -2.12. The molecule has 0 amide bonds. The van der Waals surface area contributed by atoms with Gasteiger partial charge in [-0.25, -0.2) is 4.68 Å². The van der Waals surface area contributed by atoms with E-state index >= 15 is 0 Å². The smallest absolute Gasteiger partial charge is 0.435 e. The van der Waals surface area contributed by atoms with Crippen molar-refractivity contribution in [1.82, 2.24) is 9.78 Å². The van der Waals surface area contributed by atoms with Gasteiger partial charge in [-0.1, -0.05) is 35.9 Å². The summed E-state index contributed by atoms with van der Waals surface area (Å²) in [5, 5.41) is 3.99. The summed E-state index contributed by atoms with van der Waals surface area (Å²) in [5.74, 6) is 1.81. The van der Waals surface area contributed by atoms with Gasteiger partial charge in [0.05, 0.1) is 30.6 Å².